The first kappa shape index (κ1) is 19.0. The Kier molecular flexibility index (Phi) is 6.58. The van der Waals surface area contributed by atoms with E-state index in [1.54, 1.807) is 6.26 Å². The van der Waals surface area contributed by atoms with E-state index in [0.29, 0.717) is 13.1 Å². The SMILES string of the molecule is Cc1nocc1CNC[C@H](Cc1ccccc1)NC(=O)OC(C)(C)C. The number of aromatic nitrogens is 1. The van der Waals surface area contributed by atoms with Crippen LogP contribution in [0.1, 0.15) is 37.6 Å². The highest BCUT2D eigenvalue weighted by Gasteiger charge is 2.19. The molecule has 0 saturated carbocycles. The fourth-order valence-electron chi connectivity index (χ4n) is 2.41. The summed E-state index contributed by atoms with van der Waals surface area (Å²) >= 11 is 0. The molecular formula is C19H27N3O3. The summed E-state index contributed by atoms with van der Waals surface area (Å²) in [6.45, 7) is 8.71. The average Bonchev–Trinajstić information content (AvgIpc) is 2.91. The molecule has 0 spiro atoms. The van der Waals surface area contributed by atoms with Crippen LogP contribution in [0.4, 0.5) is 4.79 Å². The summed E-state index contributed by atoms with van der Waals surface area (Å²) in [5, 5.41) is 10.2. The summed E-state index contributed by atoms with van der Waals surface area (Å²) < 4.78 is 10.3. The molecule has 0 aliphatic rings. The van der Waals surface area contributed by atoms with Crippen LogP contribution < -0.4 is 10.6 Å². The van der Waals surface area contributed by atoms with Gasteiger partial charge in [0.15, 0.2) is 0 Å². The third kappa shape index (κ3) is 6.97. The minimum atomic E-state index is -0.519. The van der Waals surface area contributed by atoms with Crippen molar-refractivity contribution < 1.29 is 14.1 Å². The predicted molar refractivity (Wildman–Crippen MR) is 96.3 cm³/mol. The standard InChI is InChI=1S/C19H27N3O3/c1-14-16(13-24-22-14)11-20-12-17(10-15-8-6-5-7-9-15)21-18(23)25-19(2,3)4/h5-9,13,17,20H,10-12H2,1-4H3,(H,21,23)/t17-/m0/s1. The van der Waals surface area contributed by atoms with E-state index >= 15 is 0 Å². The highest BCUT2D eigenvalue weighted by Crippen LogP contribution is 2.09. The first-order chi connectivity index (χ1) is 11.8. The van der Waals surface area contributed by atoms with Gasteiger partial charge in [0.1, 0.15) is 11.9 Å². The number of carbonyl (C=O) groups excluding carboxylic acids is 1. The topological polar surface area (TPSA) is 76.4 Å². The van der Waals surface area contributed by atoms with E-state index in [2.05, 4.69) is 15.8 Å². The van der Waals surface area contributed by atoms with Gasteiger partial charge in [-0.1, -0.05) is 35.5 Å². The summed E-state index contributed by atoms with van der Waals surface area (Å²) in [6.07, 6.45) is 1.95. The van der Waals surface area contributed by atoms with Gasteiger partial charge in [-0.2, -0.15) is 0 Å². The number of carbonyl (C=O) groups is 1. The van der Waals surface area contributed by atoms with Gasteiger partial charge in [-0.05, 0) is 39.7 Å². The number of aryl methyl sites for hydroxylation is 1. The molecule has 0 unspecified atom stereocenters. The van der Waals surface area contributed by atoms with E-state index in [-0.39, 0.29) is 6.04 Å². The summed E-state index contributed by atoms with van der Waals surface area (Å²) in [5.41, 5.74) is 2.52. The van der Waals surface area contributed by atoms with Gasteiger partial charge in [-0.25, -0.2) is 4.79 Å². The number of nitrogens with zero attached hydrogens (tertiary/aromatic N) is 1. The van der Waals surface area contributed by atoms with E-state index in [4.69, 9.17) is 9.26 Å². The molecule has 0 bridgehead atoms. The van der Waals surface area contributed by atoms with E-state index in [1.807, 2.05) is 58.0 Å². The highest BCUT2D eigenvalue weighted by atomic mass is 16.6. The van der Waals surface area contributed by atoms with Crippen LogP contribution in [0.15, 0.2) is 41.1 Å². The van der Waals surface area contributed by atoms with Crippen LogP contribution in [0.5, 0.6) is 0 Å². The van der Waals surface area contributed by atoms with Crippen molar-refractivity contribution in [3.05, 3.63) is 53.4 Å². The van der Waals surface area contributed by atoms with Gasteiger partial charge in [0, 0.05) is 24.7 Å². The average molecular weight is 345 g/mol. The number of hydrogen-bond acceptors (Lipinski definition) is 5. The zero-order valence-electron chi connectivity index (χ0n) is 15.3. The summed E-state index contributed by atoms with van der Waals surface area (Å²) in [4.78, 5) is 12.1. The fraction of sp³-hybridized carbons (Fsp3) is 0.474. The maximum atomic E-state index is 12.1. The van der Waals surface area contributed by atoms with Crippen LogP contribution in [0.3, 0.4) is 0 Å². The number of benzene rings is 1. The Balaban J connectivity index is 1.93. The second-order valence-electron chi connectivity index (χ2n) is 7.09. The lowest BCUT2D eigenvalue weighted by Crippen LogP contribution is -2.45. The monoisotopic (exact) mass is 345 g/mol. The molecule has 0 fully saturated rings. The lowest BCUT2D eigenvalue weighted by molar-refractivity contribution is 0.0504. The Labute approximate surface area is 148 Å². The van der Waals surface area contributed by atoms with Crippen LogP contribution in [0.25, 0.3) is 0 Å². The number of amides is 1. The second-order valence-corrected chi connectivity index (χ2v) is 7.09. The van der Waals surface area contributed by atoms with Gasteiger partial charge in [0.2, 0.25) is 0 Å². The van der Waals surface area contributed by atoms with Gasteiger partial charge in [-0.3, -0.25) is 0 Å². The number of nitrogens with one attached hydrogen (secondary N) is 2. The molecule has 2 rings (SSSR count). The molecule has 0 radical (unpaired) electrons. The van der Waals surface area contributed by atoms with Crippen molar-refractivity contribution in [2.45, 2.75) is 52.3 Å². The summed E-state index contributed by atoms with van der Waals surface area (Å²) in [7, 11) is 0. The van der Waals surface area contributed by atoms with Crippen LogP contribution in [-0.4, -0.2) is 29.4 Å². The van der Waals surface area contributed by atoms with Gasteiger partial charge >= 0.3 is 6.09 Å². The molecule has 136 valence electrons. The molecule has 1 aromatic heterocycles. The van der Waals surface area contributed by atoms with Gasteiger partial charge < -0.3 is 19.9 Å². The molecule has 2 N–H and O–H groups in total. The lowest BCUT2D eigenvalue weighted by Gasteiger charge is -2.24. The van der Waals surface area contributed by atoms with Crippen molar-refractivity contribution >= 4 is 6.09 Å². The summed E-state index contributed by atoms with van der Waals surface area (Å²) in [6, 6.07) is 9.98. The van der Waals surface area contributed by atoms with Crippen molar-refractivity contribution in [2.24, 2.45) is 0 Å². The molecule has 0 aliphatic carbocycles. The molecule has 6 nitrogen and oxygen atoms in total. The van der Waals surface area contributed by atoms with Gasteiger partial charge in [0.25, 0.3) is 0 Å². The van der Waals surface area contributed by atoms with E-state index < -0.39 is 11.7 Å². The van der Waals surface area contributed by atoms with Crippen molar-refractivity contribution in [2.75, 3.05) is 6.54 Å². The first-order valence-corrected chi connectivity index (χ1v) is 8.47. The quantitative estimate of drug-likeness (QED) is 0.806. The Morgan fingerprint density at radius 2 is 2.00 bits per heavy atom. The number of hydrogen-bond donors (Lipinski definition) is 2. The number of ether oxygens (including phenoxy) is 1. The maximum absolute atomic E-state index is 12.1. The molecular weight excluding hydrogens is 318 g/mol. The minimum absolute atomic E-state index is 0.0857. The molecule has 1 heterocycles. The molecule has 1 aromatic carbocycles. The van der Waals surface area contributed by atoms with Crippen LogP contribution in [-0.2, 0) is 17.7 Å². The molecule has 1 atom stereocenters. The van der Waals surface area contributed by atoms with Crippen molar-refractivity contribution in [3.8, 4) is 0 Å². The Hall–Kier alpha value is -2.34. The van der Waals surface area contributed by atoms with Crippen molar-refractivity contribution in [3.63, 3.8) is 0 Å². The molecule has 25 heavy (non-hydrogen) atoms. The number of alkyl carbamates (subject to hydrolysis) is 1. The van der Waals surface area contributed by atoms with Gasteiger partial charge in [0.05, 0.1) is 5.69 Å². The van der Waals surface area contributed by atoms with Crippen LogP contribution in [0, 0.1) is 6.92 Å². The zero-order valence-corrected chi connectivity index (χ0v) is 15.3. The van der Waals surface area contributed by atoms with Crippen molar-refractivity contribution in [1.29, 1.82) is 0 Å². The smallest absolute Gasteiger partial charge is 0.407 e. The van der Waals surface area contributed by atoms with E-state index in [1.165, 1.54) is 0 Å². The highest BCUT2D eigenvalue weighted by molar-refractivity contribution is 5.68. The second kappa shape index (κ2) is 8.67. The molecule has 0 saturated heterocycles. The van der Waals surface area contributed by atoms with Crippen LogP contribution >= 0.6 is 0 Å². The third-order valence-corrected chi connectivity index (χ3v) is 3.60. The van der Waals surface area contributed by atoms with Crippen LogP contribution in [0.2, 0.25) is 0 Å². The van der Waals surface area contributed by atoms with E-state index in [0.717, 1.165) is 23.2 Å². The lowest BCUT2D eigenvalue weighted by atomic mass is 10.1. The normalized spacial score (nSPS) is 12.6. The Morgan fingerprint density at radius 3 is 2.60 bits per heavy atom. The summed E-state index contributed by atoms with van der Waals surface area (Å²) in [5.74, 6) is 0. The Bertz CT molecular complexity index is 662. The van der Waals surface area contributed by atoms with E-state index in [9.17, 15) is 4.79 Å². The predicted octanol–water partition coefficient (Wildman–Crippen LogP) is 3.21. The molecule has 2 aromatic rings. The fourth-order valence-corrected chi connectivity index (χ4v) is 2.41. The number of rotatable bonds is 7. The van der Waals surface area contributed by atoms with Gasteiger partial charge in [-0.15, -0.1) is 0 Å². The van der Waals surface area contributed by atoms with Crippen molar-refractivity contribution in [1.82, 2.24) is 15.8 Å². The largest absolute Gasteiger partial charge is 0.444 e. The molecule has 0 aliphatic heterocycles. The first-order valence-electron chi connectivity index (χ1n) is 8.47. The minimum Gasteiger partial charge on any atom is -0.444 e. The molecule has 6 heteroatoms. The Morgan fingerprint density at radius 1 is 1.28 bits per heavy atom. The zero-order chi connectivity index (χ0) is 18.3. The molecule has 1 amide bonds. The third-order valence-electron chi connectivity index (χ3n) is 3.60. The maximum Gasteiger partial charge on any atom is 0.407 e.